The van der Waals surface area contributed by atoms with E-state index in [1.807, 2.05) is 13.8 Å². The van der Waals surface area contributed by atoms with Gasteiger partial charge in [0.2, 0.25) is 0 Å². The first-order chi connectivity index (χ1) is 9.90. The quantitative estimate of drug-likeness (QED) is 0.688. The van der Waals surface area contributed by atoms with Crippen LogP contribution in [0.5, 0.6) is 0 Å². The number of aryl methyl sites for hydroxylation is 1. The lowest BCUT2D eigenvalue weighted by atomic mass is 10.0. The van der Waals surface area contributed by atoms with Crippen molar-refractivity contribution in [1.82, 2.24) is 5.16 Å². The van der Waals surface area contributed by atoms with E-state index in [4.69, 9.17) is 4.52 Å². The van der Waals surface area contributed by atoms with Crippen LogP contribution in [-0.4, -0.2) is 16.0 Å². The number of carbonyl (C=O) groups excluding carboxylic acids is 1. The lowest BCUT2D eigenvalue weighted by Gasteiger charge is -2.07. The molecule has 2 aromatic rings. The molecule has 0 aliphatic rings. The van der Waals surface area contributed by atoms with E-state index < -0.39 is 4.92 Å². The van der Waals surface area contributed by atoms with Crippen molar-refractivity contribution < 1.29 is 14.2 Å². The molecular formula is C14H15N3O4. The zero-order chi connectivity index (χ0) is 15.6. The van der Waals surface area contributed by atoms with Crippen molar-refractivity contribution in [3.63, 3.8) is 0 Å². The lowest BCUT2D eigenvalue weighted by Crippen LogP contribution is -2.14. The van der Waals surface area contributed by atoms with E-state index in [-0.39, 0.29) is 17.5 Å². The van der Waals surface area contributed by atoms with Crippen LogP contribution < -0.4 is 5.32 Å². The Morgan fingerprint density at radius 2 is 1.95 bits per heavy atom. The fraction of sp³-hybridized carbons (Fsp3) is 0.286. The minimum absolute atomic E-state index is 0.0305. The second-order valence-electron chi connectivity index (χ2n) is 4.92. The number of amides is 1. The molecule has 0 aliphatic carbocycles. The van der Waals surface area contributed by atoms with E-state index in [2.05, 4.69) is 10.5 Å². The molecule has 2 rings (SSSR count). The molecule has 1 aromatic heterocycles. The molecule has 110 valence electrons. The van der Waals surface area contributed by atoms with Crippen molar-refractivity contribution in [3.05, 3.63) is 51.4 Å². The van der Waals surface area contributed by atoms with E-state index in [1.54, 1.807) is 6.92 Å². The Morgan fingerprint density at radius 3 is 2.48 bits per heavy atom. The molecule has 1 N–H and O–H groups in total. The van der Waals surface area contributed by atoms with Gasteiger partial charge in [0.15, 0.2) is 5.76 Å². The Bertz CT molecular complexity index is 674. The Labute approximate surface area is 121 Å². The van der Waals surface area contributed by atoms with Gasteiger partial charge in [0.1, 0.15) is 5.56 Å². The molecule has 0 spiro atoms. The van der Waals surface area contributed by atoms with Crippen LogP contribution in [0.25, 0.3) is 0 Å². The van der Waals surface area contributed by atoms with Crippen LogP contribution in [-0.2, 0) is 0 Å². The summed E-state index contributed by atoms with van der Waals surface area (Å²) in [6, 6.07) is 5.63. The predicted molar refractivity (Wildman–Crippen MR) is 76.4 cm³/mol. The molecule has 0 fully saturated rings. The van der Waals surface area contributed by atoms with Gasteiger partial charge < -0.3 is 9.84 Å². The first-order valence-corrected chi connectivity index (χ1v) is 6.42. The summed E-state index contributed by atoms with van der Waals surface area (Å²) >= 11 is 0. The molecule has 7 nitrogen and oxygen atoms in total. The summed E-state index contributed by atoms with van der Waals surface area (Å²) in [5, 5.41) is 17.1. The summed E-state index contributed by atoms with van der Waals surface area (Å²) in [7, 11) is 0. The summed E-state index contributed by atoms with van der Waals surface area (Å²) in [5.74, 6) is 0.210. The zero-order valence-corrected chi connectivity index (χ0v) is 11.9. The van der Waals surface area contributed by atoms with Gasteiger partial charge in [-0.25, -0.2) is 0 Å². The highest BCUT2D eigenvalue weighted by Crippen LogP contribution is 2.24. The normalized spacial score (nSPS) is 10.7. The minimum atomic E-state index is -0.493. The summed E-state index contributed by atoms with van der Waals surface area (Å²) in [6.45, 7) is 5.51. The highest BCUT2D eigenvalue weighted by atomic mass is 16.6. The molecule has 1 aromatic carbocycles. The number of nitrogens with zero attached hydrogens (tertiary/aromatic N) is 2. The van der Waals surface area contributed by atoms with Crippen LogP contribution >= 0.6 is 0 Å². The van der Waals surface area contributed by atoms with Gasteiger partial charge in [-0.05, 0) is 19.1 Å². The van der Waals surface area contributed by atoms with Crippen molar-refractivity contribution in [3.8, 4) is 0 Å². The third kappa shape index (κ3) is 3.07. The van der Waals surface area contributed by atoms with Crippen molar-refractivity contribution in [2.45, 2.75) is 26.7 Å². The molecule has 0 saturated carbocycles. The molecule has 21 heavy (non-hydrogen) atoms. The molecular weight excluding hydrogens is 274 g/mol. The van der Waals surface area contributed by atoms with Crippen LogP contribution in [0.1, 0.15) is 41.6 Å². The third-order valence-corrected chi connectivity index (χ3v) is 2.98. The second-order valence-corrected chi connectivity index (χ2v) is 4.92. The van der Waals surface area contributed by atoms with Crippen molar-refractivity contribution in [2.75, 3.05) is 5.32 Å². The average Bonchev–Trinajstić information content (AvgIpc) is 2.81. The molecule has 0 atom stereocenters. The monoisotopic (exact) mass is 289 g/mol. The molecule has 1 heterocycles. The average molecular weight is 289 g/mol. The Morgan fingerprint density at radius 1 is 1.33 bits per heavy atom. The molecule has 0 radical (unpaired) electrons. The molecule has 7 heteroatoms. The van der Waals surface area contributed by atoms with Crippen LogP contribution in [0.4, 0.5) is 11.4 Å². The number of rotatable bonds is 4. The number of carbonyl (C=O) groups is 1. The summed E-state index contributed by atoms with van der Waals surface area (Å²) in [6.07, 6.45) is 0. The number of anilines is 1. The molecule has 0 unspecified atom stereocenters. The fourth-order valence-corrected chi connectivity index (χ4v) is 1.92. The maximum atomic E-state index is 12.3. The Balaban J connectivity index is 2.22. The third-order valence-electron chi connectivity index (χ3n) is 2.98. The van der Waals surface area contributed by atoms with Gasteiger partial charge in [0, 0.05) is 23.7 Å². The predicted octanol–water partition coefficient (Wildman–Crippen LogP) is 3.27. The molecule has 1 amide bonds. The summed E-state index contributed by atoms with van der Waals surface area (Å²) in [4.78, 5) is 22.4. The lowest BCUT2D eigenvalue weighted by molar-refractivity contribution is -0.384. The minimum Gasteiger partial charge on any atom is -0.360 e. The highest BCUT2D eigenvalue weighted by molar-refractivity contribution is 6.05. The van der Waals surface area contributed by atoms with Gasteiger partial charge >= 0.3 is 0 Å². The van der Waals surface area contributed by atoms with E-state index in [0.717, 1.165) is 0 Å². The first kappa shape index (κ1) is 14.7. The van der Waals surface area contributed by atoms with Crippen molar-refractivity contribution in [1.29, 1.82) is 0 Å². The number of nitro groups is 1. The van der Waals surface area contributed by atoms with E-state index >= 15 is 0 Å². The van der Waals surface area contributed by atoms with E-state index in [9.17, 15) is 14.9 Å². The fourth-order valence-electron chi connectivity index (χ4n) is 1.92. The van der Waals surface area contributed by atoms with Crippen LogP contribution in [0.3, 0.4) is 0 Å². The maximum absolute atomic E-state index is 12.3. The maximum Gasteiger partial charge on any atom is 0.269 e. The van der Waals surface area contributed by atoms with Gasteiger partial charge in [-0.1, -0.05) is 19.0 Å². The van der Waals surface area contributed by atoms with E-state index in [1.165, 1.54) is 24.3 Å². The summed E-state index contributed by atoms with van der Waals surface area (Å²) in [5.41, 5.74) is 1.36. The number of hydrogen-bond donors (Lipinski definition) is 1. The Hall–Kier alpha value is -2.70. The van der Waals surface area contributed by atoms with Gasteiger partial charge in [0.05, 0.1) is 10.6 Å². The molecule has 0 saturated heterocycles. The smallest absolute Gasteiger partial charge is 0.269 e. The molecule has 0 bridgehead atoms. The number of nitro benzene ring substituents is 1. The number of nitrogens with one attached hydrogen (secondary N) is 1. The number of non-ortho nitro benzene ring substituents is 1. The van der Waals surface area contributed by atoms with Crippen LogP contribution in [0.2, 0.25) is 0 Å². The SMILES string of the molecule is Cc1noc(C(C)C)c1C(=O)Nc1ccc([N+](=O)[O-])cc1. The largest absolute Gasteiger partial charge is 0.360 e. The van der Waals surface area contributed by atoms with Crippen molar-refractivity contribution >= 4 is 17.3 Å². The van der Waals surface area contributed by atoms with Crippen LogP contribution in [0.15, 0.2) is 28.8 Å². The van der Waals surface area contributed by atoms with Gasteiger partial charge in [-0.15, -0.1) is 0 Å². The van der Waals surface area contributed by atoms with Gasteiger partial charge in [-0.3, -0.25) is 14.9 Å². The zero-order valence-electron chi connectivity index (χ0n) is 11.9. The highest BCUT2D eigenvalue weighted by Gasteiger charge is 2.22. The number of aromatic nitrogens is 1. The van der Waals surface area contributed by atoms with E-state index in [0.29, 0.717) is 22.7 Å². The first-order valence-electron chi connectivity index (χ1n) is 6.42. The number of benzene rings is 1. The standard InChI is InChI=1S/C14H15N3O4/c1-8(2)13-12(9(3)16-21-13)14(18)15-10-4-6-11(7-5-10)17(19)20/h4-8H,1-3H3,(H,15,18). The molecule has 0 aliphatic heterocycles. The second kappa shape index (κ2) is 5.74. The van der Waals surface area contributed by atoms with Crippen LogP contribution in [0, 0.1) is 17.0 Å². The van der Waals surface area contributed by atoms with Crippen molar-refractivity contribution in [2.24, 2.45) is 0 Å². The summed E-state index contributed by atoms with van der Waals surface area (Å²) < 4.78 is 5.17. The Kier molecular flexibility index (Phi) is 4.02. The van der Waals surface area contributed by atoms with Gasteiger partial charge in [-0.2, -0.15) is 0 Å². The number of hydrogen-bond acceptors (Lipinski definition) is 5. The topological polar surface area (TPSA) is 98.3 Å². The van der Waals surface area contributed by atoms with Gasteiger partial charge in [0.25, 0.3) is 11.6 Å².